The van der Waals surface area contributed by atoms with Gasteiger partial charge in [0.05, 0.1) is 0 Å². The molecule has 2 heterocycles. The van der Waals surface area contributed by atoms with Gasteiger partial charge in [0.15, 0.2) is 5.58 Å². The van der Waals surface area contributed by atoms with E-state index in [-0.39, 0.29) is 23.6 Å². The van der Waals surface area contributed by atoms with E-state index in [4.69, 9.17) is 20.4 Å². The van der Waals surface area contributed by atoms with Crippen LogP contribution in [0.15, 0.2) is 16.7 Å². The molecular formula is C11H12N2O4. The van der Waals surface area contributed by atoms with Gasteiger partial charge in [-0.2, -0.15) is 0 Å². The average molecular weight is 236 g/mol. The molecule has 0 aliphatic rings. The third kappa shape index (κ3) is 2.07. The summed E-state index contributed by atoms with van der Waals surface area (Å²) in [5, 5.41) is 17.7. The summed E-state index contributed by atoms with van der Waals surface area (Å²) < 4.78 is 5.15. The molecule has 0 bridgehead atoms. The molecule has 0 aliphatic carbocycles. The molecule has 6 nitrogen and oxygen atoms in total. The summed E-state index contributed by atoms with van der Waals surface area (Å²) in [6.07, 6.45) is 2.84. The molecule has 2 aromatic rings. The van der Waals surface area contributed by atoms with Gasteiger partial charge in [-0.15, -0.1) is 0 Å². The zero-order chi connectivity index (χ0) is 12.4. The summed E-state index contributed by atoms with van der Waals surface area (Å²) in [6, 6.07) is 1.70. The lowest BCUT2D eigenvalue weighted by Gasteiger charge is -1.98. The largest absolute Gasteiger partial charge is 0.477 e. The van der Waals surface area contributed by atoms with Crippen LogP contribution in [0.3, 0.4) is 0 Å². The lowest BCUT2D eigenvalue weighted by Crippen LogP contribution is -2.00. The van der Waals surface area contributed by atoms with Gasteiger partial charge < -0.3 is 20.4 Å². The molecule has 2 rings (SSSR count). The maximum Gasteiger partial charge on any atom is 0.343 e. The summed E-state index contributed by atoms with van der Waals surface area (Å²) in [4.78, 5) is 15.0. The molecule has 0 unspecified atom stereocenters. The maximum atomic E-state index is 10.9. The Kier molecular flexibility index (Phi) is 2.97. The smallest absolute Gasteiger partial charge is 0.343 e. The zero-order valence-electron chi connectivity index (χ0n) is 9.01. The Labute approximate surface area is 96.7 Å². The minimum Gasteiger partial charge on any atom is -0.477 e. The number of furan rings is 1. The highest BCUT2D eigenvalue weighted by molar-refractivity contribution is 6.05. The molecule has 0 spiro atoms. The fourth-order valence-electron chi connectivity index (χ4n) is 1.66. The third-order valence-corrected chi connectivity index (χ3v) is 2.45. The van der Waals surface area contributed by atoms with Gasteiger partial charge in [0.2, 0.25) is 5.88 Å². The molecule has 90 valence electrons. The van der Waals surface area contributed by atoms with Crippen molar-refractivity contribution in [3.8, 4) is 0 Å². The van der Waals surface area contributed by atoms with Gasteiger partial charge in [-0.3, -0.25) is 4.98 Å². The molecule has 0 fully saturated rings. The number of aryl methyl sites for hydroxylation is 1. The van der Waals surface area contributed by atoms with Crippen molar-refractivity contribution in [3.63, 3.8) is 0 Å². The fourth-order valence-corrected chi connectivity index (χ4v) is 1.66. The van der Waals surface area contributed by atoms with Crippen molar-refractivity contribution in [2.45, 2.75) is 12.8 Å². The summed E-state index contributed by atoms with van der Waals surface area (Å²) in [7, 11) is 0. The van der Waals surface area contributed by atoms with E-state index >= 15 is 0 Å². The van der Waals surface area contributed by atoms with Crippen molar-refractivity contribution in [1.82, 2.24) is 4.98 Å². The van der Waals surface area contributed by atoms with Crippen molar-refractivity contribution < 1.29 is 19.4 Å². The fraction of sp³-hybridized carbons (Fsp3) is 0.273. The highest BCUT2D eigenvalue weighted by Gasteiger charge is 2.19. The molecule has 0 radical (unpaired) electrons. The van der Waals surface area contributed by atoms with Gasteiger partial charge in [0.25, 0.3) is 0 Å². The molecule has 0 amide bonds. The molecular weight excluding hydrogens is 224 g/mol. The van der Waals surface area contributed by atoms with E-state index in [1.54, 1.807) is 12.3 Å². The van der Waals surface area contributed by atoms with Crippen LogP contribution in [0.5, 0.6) is 0 Å². The van der Waals surface area contributed by atoms with E-state index in [9.17, 15) is 4.79 Å². The first-order chi connectivity index (χ1) is 8.13. The number of pyridine rings is 1. The van der Waals surface area contributed by atoms with Crippen LogP contribution in [0.25, 0.3) is 11.1 Å². The van der Waals surface area contributed by atoms with Crippen molar-refractivity contribution in [2.24, 2.45) is 0 Å². The summed E-state index contributed by atoms with van der Waals surface area (Å²) in [5.74, 6) is -1.30. The molecule has 17 heavy (non-hydrogen) atoms. The monoisotopic (exact) mass is 236 g/mol. The van der Waals surface area contributed by atoms with E-state index < -0.39 is 5.97 Å². The molecule has 0 aromatic carbocycles. The SMILES string of the molecule is Nc1oc2cc(CCCO)cnc2c1C(=O)O. The topological polar surface area (TPSA) is 110 Å². The Bertz CT molecular complexity index is 562. The number of fused-ring (bicyclic) bond motifs is 1. The van der Waals surface area contributed by atoms with Crippen LogP contribution < -0.4 is 5.73 Å². The molecule has 0 atom stereocenters. The second-order valence-electron chi connectivity index (χ2n) is 3.66. The Morgan fingerprint density at radius 3 is 2.94 bits per heavy atom. The standard InChI is InChI=1S/C11H12N2O4/c12-10-8(11(15)16)9-7(17-10)4-6(5-13-9)2-1-3-14/h4-5,14H,1-3,12H2,(H,15,16). The predicted octanol–water partition coefficient (Wildman–Crippen LogP) is 1.03. The van der Waals surface area contributed by atoms with E-state index in [0.29, 0.717) is 18.4 Å². The number of aromatic carboxylic acids is 1. The number of aromatic nitrogens is 1. The number of aliphatic hydroxyl groups excluding tert-OH is 1. The Hall–Kier alpha value is -2.08. The number of hydrogen-bond donors (Lipinski definition) is 3. The first kappa shape index (κ1) is 11.4. The van der Waals surface area contributed by atoms with Gasteiger partial charge in [-0.1, -0.05) is 0 Å². The summed E-state index contributed by atoms with van der Waals surface area (Å²) in [6.45, 7) is 0.0959. The minimum atomic E-state index is -1.16. The third-order valence-electron chi connectivity index (χ3n) is 2.45. The molecule has 6 heteroatoms. The second kappa shape index (κ2) is 4.42. The molecule has 2 aromatic heterocycles. The number of nitrogens with two attached hydrogens (primary N) is 1. The predicted molar refractivity (Wildman–Crippen MR) is 60.8 cm³/mol. The van der Waals surface area contributed by atoms with Crippen LogP contribution in [0.4, 0.5) is 5.88 Å². The van der Waals surface area contributed by atoms with Crippen molar-refractivity contribution >= 4 is 23.0 Å². The van der Waals surface area contributed by atoms with Crippen LogP contribution in [-0.2, 0) is 6.42 Å². The van der Waals surface area contributed by atoms with Crippen molar-refractivity contribution in [1.29, 1.82) is 0 Å². The Morgan fingerprint density at radius 1 is 1.53 bits per heavy atom. The number of anilines is 1. The van der Waals surface area contributed by atoms with Crippen LogP contribution in [0, 0.1) is 0 Å². The lowest BCUT2D eigenvalue weighted by molar-refractivity contribution is 0.0699. The number of carboxylic acid groups (broad SMARTS) is 1. The zero-order valence-corrected chi connectivity index (χ0v) is 9.01. The molecule has 0 saturated carbocycles. The quantitative estimate of drug-likeness (QED) is 0.731. The Balaban J connectivity index is 2.46. The highest BCUT2D eigenvalue weighted by atomic mass is 16.4. The normalized spacial score (nSPS) is 10.9. The highest BCUT2D eigenvalue weighted by Crippen LogP contribution is 2.26. The number of hydrogen-bond acceptors (Lipinski definition) is 5. The molecule has 0 aliphatic heterocycles. The molecule has 4 N–H and O–H groups in total. The number of rotatable bonds is 4. The van der Waals surface area contributed by atoms with Crippen LogP contribution in [-0.4, -0.2) is 27.8 Å². The van der Waals surface area contributed by atoms with E-state index in [1.165, 1.54) is 0 Å². The number of nitrogens with zero attached hydrogens (tertiary/aromatic N) is 1. The van der Waals surface area contributed by atoms with Gasteiger partial charge in [0.1, 0.15) is 11.1 Å². The van der Waals surface area contributed by atoms with Crippen LogP contribution in [0.2, 0.25) is 0 Å². The first-order valence-corrected chi connectivity index (χ1v) is 5.14. The van der Waals surface area contributed by atoms with Crippen molar-refractivity contribution in [3.05, 3.63) is 23.4 Å². The minimum absolute atomic E-state index is 0.0959. The van der Waals surface area contributed by atoms with Gasteiger partial charge >= 0.3 is 5.97 Å². The van der Waals surface area contributed by atoms with Crippen molar-refractivity contribution in [2.75, 3.05) is 12.3 Å². The number of nitrogen functional groups attached to an aromatic ring is 1. The number of aliphatic hydroxyl groups is 1. The van der Waals surface area contributed by atoms with Gasteiger partial charge in [-0.25, -0.2) is 4.79 Å². The van der Waals surface area contributed by atoms with Gasteiger partial charge in [0, 0.05) is 12.8 Å². The van der Waals surface area contributed by atoms with E-state index in [2.05, 4.69) is 4.98 Å². The molecule has 0 saturated heterocycles. The summed E-state index contributed by atoms with van der Waals surface area (Å²) >= 11 is 0. The number of carbonyl (C=O) groups is 1. The Morgan fingerprint density at radius 2 is 2.29 bits per heavy atom. The van der Waals surface area contributed by atoms with Gasteiger partial charge in [-0.05, 0) is 24.5 Å². The maximum absolute atomic E-state index is 10.9. The average Bonchev–Trinajstić information content (AvgIpc) is 2.61. The van der Waals surface area contributed by atoms with Crippen LogP contribution in [0.1, 0.15) is 22.3 Å². The van der Waals surface area contributed by atoms with E-state index in [0.717, 1.165) is 5.56 Å². The number of carboxylic acids is 1. The lowest BCUT2D eigenvalue weighted by atomic mass is 10.1. The summed E-state index contributed by atoms with van der Waals surface area (Å²) in [5.41, 5.74) is 6.86. The second-order valence-corrected chi connectivity index (χ2v) is 3.66. The first-order valence-electron chi connectivity index (χ1n) is 5.14. The van der Waals surface area contributed by atoms with E-state index in [1.807, 2.05) is 0 Å². The van der Waals surface area contributed by atoms with Crippen LogP contribution >= 0.6 is 0 Å².